The van der Waals surface area contributed by atoms with Gasteiger partial charge in [0.2, 0.25) is 0 Å². The average molecular weight is 212 g/mol. The fraction of sp³-hybridized carbons (Fsp3) is 0.923. The van der Waals surface area contributed by atoms with Gasteiger partial charge in [0.1, 0.15) is 6.10 Å². The van der Waals surface area contributed by atoms with Crippen molar-refractivity contribution < 1.29 is 9.53 Å². The molecule has 1 fully saturated rings. The first-order valence-corrected chi connectivity index (χ1v) is 6.14. The maximum absolute atomic E-state index is 11.3. The Morgan fingerprint density at radius 2 is 1.87 bits per heavy atom. The van der Waals surface area contributed by atoms with Gasteiger partial charge in [0.05, 0.1) is 0 Å². The molecular weight excluding hydrogens is 188 g/mol. The van der Waals surface area contributed by atoms with Gasteiger partial charge in [0.25, 0.3) is 0 Å². The van der Waals surface area contributed by atoms with E-state index in [2.05, 4.69) is 20.8 Å². The first kappa shape index (κ1) is 12.5. The molecule has 88 valence electrons. The monoisotopic (exact) mass is 212 g/mol. The largest absolute Gasteiger partial charge is 0.462 e. The third-order valence-corrected chi connectivity index (χ3v) is 3.39. The molecule has 0 amide bonds. The molecule has 0 bridgehead atoms. The lowest BCUT2D eigenvalue weighted by molar-refractivity contribution is -0.156. The molecule has 0 saturated heterocycles. The van der Waals surface area contributed by atoms with Crippen molar-refractivity contribution in [2.24, 2.45) is 11.3 Å². The molecule has 2 heteroatoms. The summed E-state index contributed by atoms with van der Waals surface area (Å²) in [7, 11) is 0. The summed E-state index contributed by atoms with van der Waals surface area (Å²) < 4.78 is 5.54. The minimum atomic E-state index is -0.0452. The van der Waals surface area contributed by atoms with Crippen molar-refractivity contribution in [2.75, 3.05) is 0 Å². The zero-order chi connectivity index (χ0) is 11.5. The van der Waals surface area contributed by atoms with Crippen LogP contribution in [-0.2, 0) is 9.53 Å². The Morgan fingerprint density at radius 3 is 2.40 bits per heavy atom. The second kappa shape index (κ2) is 5.00. The normalized spacial score (nSPS) is 27.5. The number of carbonyl (C=O) groups excluding carboxylic acids is 1. The Balaban J connectivity index is 2.62. The molecule has 0 N–H and O–H groups in total. The molecule has 1 rings (SSSR count). The highest BCUT2D eigenvalue weighted by Crippen LogP contribution is 2.39. The third-order valence-electron chi connectivity index (χ3n) is 3.39. The van der Waals surface area contributed by atoms with Crippen LogP contribution in [0.4, 0.5) is 0 Å². The topological polar surface area (TPSA) is 26.3 Å². The third kappa shape index (κ3) is 3.51. The van der Waals surface area contributed by atoms with Gasteiger partial charge in [-0.2, -0.15) is 0 Å². The van der Waals surface area contributed by atoms with Crippen molar-refractivity contribution in [1.82, 2.24) is 0 Å². The van der Waals surface area contributed by atoms with Crippen LogP contribution in [-0.4, -0.2) is 12.1 Å². The average Bonchev–Trinajstić information content (AvgIpc) is 2.17. The molecule has 1 aliphatic carbocycles. The van der Waals surface area contributed by atoms with Crippen LogP contribution >= 0.6 is 0 Å². The Kier molecular flexibility index (Phi) is 4.18. The van der Waals surface area contributed by atoms with E-state index in [0.717, 1.165) is 6.42 Å². The molecule has 0 spiro atoms. The Bertz CT molecular complexity index is 215. The quantitative estimate of drug-likeness (QED) is 0.654. The van der Waals surface area contributed by atoms with Crippen LogP contribution in [0.1, 0.15) is 59.8 Å². The summed E-state index contributed by atoms with van der Waals surface area (Å²) in [6.45, 7) is 8.60. The molecule has 2 atom stereocenters. The minimum Gasteiger partial charge on any atom is -0.462 e. The van der Waals surface area contributed by atoms with Crippen LogP contribution in [0.3, 0.4) is 0 Å². The summed E-state index contributed by atoms with van der Waals surface area (Å²) in [4.78, 5) is 11.3. The fourth-order valence-electron chi connectivity index (χ4n) is 2.48. The van der Waals surface area contributed by atoms with Crippen molar-refractivity contribution in [3.05, 3.63) is 0 Å². The maximum atomic E-state index is 11.3. The summed E-state index contributed by atoms with van der Waals surface area (Å²) in [6.07, 6.45) is 5.38. The summed E-state index contributed by atoms with van der Waals surface area (Å²) >= 11 is 0. The zero-order valence-electron chi connectivity index (χ0n) is 10.5. The number of hydrogen-bond acceptors (Lipinski definition) is 2. The summed E-state index contributed by atoms with van der Waals surface area (Å²) in [5.74, 6) is 0.484. The van der Waals surface area contributed by atoms with E-state index >= 15 is 0 Å². The molecule has 0 aromatic rings. The molecular formula is C13H24O2. The van der Waals surface area contributed by atoms with E-state index < -0.39 is 0 Å². The SMILES string of the molecule is CCC(=O)O[C@@H]1CCCC[C@@H]1C(C)(C)C. The van der Waals surface area contributed by atoms with E-state index in [0.29, 0.717) is 12.3 Å². The second-order valence-corrected chi connectivity index (χ2v) is 5.64. The van der Waals surface area contributed by atoms with Crippen LogP contribution < -0.4 is 0 Å². The van der Waals surface area contributed by atoms with E-state index in [1.807, 2.05) is 6.92 Å². The number of esters is 1. The highest BCUT2D eigenvalue weighted by Gasteiger charge is 2.36. The number of ether oxygens (including phenoxy) is 1. The van der Waals surface area contributed by atoms with Crippen LogP contribution in [0.5, 0.6) is 0 Å². The maximum Gasteiger partial charge on any atom is 0.305 e. The molecule has 0 aromatic carbocycles. The fourth-order valence-corrected chi connectivity index (χ4v) is 2.48. The molecule has 0 aliphatic heterocycles. The van der Waals surface area contributed by atoms with E-state index in [4.69, 9.17) is 4.74 Å². The van der Waals surface area contributed by atoms with E-state index in [1.165, 1.54) is 19.3 Å². The molecule has 2 nitrogen and oxygen atoms in total. The Labute approximate surface area is 93.4 Å². The van der Waals surface area contributed by atoms with Gasteiger partial charge in [-0.05, 0) is 24.7 Å². The zero-order valence-corrected chi connectivity index (χ0v) is 10.5. The smallest absolute Gasteiger partial charge is 0.305 e. The molecule has 0 aromatic heterocycles. The minimum absolute atomic E-state index is 0.0452. The summed E-state index contributed by atoms with van der Waals surface area (Å²) in [5.41, 5.74) is 0.249. The standard InChI is InChI=1S/C13H24O2/c1-5-12(14)15-11-9-7-6-8-10(11)13(2,3)4/h10-11H,5-9H2,1-4H3/t10-,11+/m0/s1. The first-order valence-electron chi connectivity index (χ1n) is 6.14. The van der Waals surface area contributed by atoms with Crippen molar-refractivity contribution in [2.45, 2.75) is 65.9 Å². The lowest BCUT2D eigenvalue weighted by atomic mass is 9.70. The Morgan fingerprint density at radius 1 is 1.27 bits per heavy atom. The summed E-state index contributed by atoms with van der Waals surface area (Å²) in [5, 5.41) is 0. The second-order valence-electron chi connectivity index (χ2n) is 5.64. The van der Waals surface area contributed by atoms with Gasteiger partial charge in [0.15, 0.2) is 0 Å². The van der Waals surface area contributed by atoms with E-state index in [9.17, 15) is 4.79 Å². The number of hydrogen-bond donors (Lipinski definition) is 0. The van der Waals surface area contributed by atoms with E-state index in [-0.39, 0.29) is 17.5 Å². The van der Waals surface area contributed by atoms with Gasteiger partial charge >= 0.3 is 5.97 Å². The lowest BCUT2D eigenvalue weighted by Gasteiger charge is -2.39. The first-order chi connectivity index (χ1) is 6.95. The molecule has 0 radical (unpaired) electrons. The van der Waals surface area contributed by atoms with Crippen molar-refractivity contribution >= 4 is 5.97 Å². The van der Waals surface area contributed by atoms with Crippen LogP contribution in [0.2, 0.25) is 0 Å². The predicted molar refractivity (Wildman–Crippen MR) is 61.6 cm³/mol. The highest BCUT2D eigenvalue weighted by atomic mass is 16.5. The lowest BCUT2D eigenvalue weighted by Crippen LogP contribution is -2.37. The van der Waals surface area contributed by atoms with Gasteiger partial charge in [-0.25, -0.2) is 0 Å². The summed E-state index contributed by atoms with van der Waals surface area (Å²) in [6, 6.07) is 0. The number of rotatable bonds is 2. The van der Waals surface area contributed by atoms with Crippen molar-refractivity contribution in [3.63, 3.8) is 0 Å². The highest BCUT2D eigenvalue weighted by molar-refractivity contribution is 5.69. The molecule has 1 saturated carbocycles. The van der Waals surface area contributed by atoms with Crippen LogP contribution in [0.25, 0.3) is 0 Å². The van der Waals surface area contributed by atoms with E-state index in [1.54, 1.807) is 0 Å². The predicted octanol–water partition coefficient (Wildman–Crippen LogP) is 3.54. The molecule has 0 heterocycles. The van der Waals surface area contributed by atoms with Crippen molar-refractivity contribution in [3.8, 4) is 0 Å². The van der Waals surface area contributed by atoms with Crippen LogP contribution in [0.15, 0.2) is 0 Å². The number of carbonyl (C=O) groups is 1. The van der Waals surface area contributed by atoms with Gasteiger partial charge in [-0.15, -0.1) is 0 Å². The molecule has 0 unspecified atom stereocenters. The van der Waals surface area contributed by atoms with Gasteiger partial charge in [-0.3, -0.25) is 4.79 Å². The molecule has 15 heavy (non-hydrogen) atoms. The molecule has 1 aliphatic rings. The van der Waals surface area contributed by atoms with Gasteiger partial charge in [0, 0.05) is 12.3 Å². The van der Waals surface area contributed by atoms with Crippen LogP contribution in [0, 0.1) is 11.3 Å². The van der Waals surface area contributed by atoms with Crippen molar-refractivity contribution in [1.29, 1.82) is 0 Å². The van der Waals surface area contributed by atoms with Gasteiger partial charge in [-0.1, -0.05) is 34.1 Å². The Hall–Kier alpha value is -0.530. The van der Waals surface area contributed by atoms with Gasteiger partial charge < -0.3 is 4.74 Å².